The predicted octanol–water partition coefficient (Wildman–Crippen LogP) is 4.41. The van der Waals surface area contributed by atoms with Crippen molar-refractivity contribution in [1.29, 1.82) is 0 Å². The summed E-state index contributed by atoms with van der Waals surface area (Å²) in [5.74, 6) is -0.175. The summed E-state index contributed by atoms with van der Waals surface area (Å²) >= 11 is 5.25. The van der Waals surface area contributed by atoms with Crippen LogP contribution in [0.25, 0.3) is 0 Å². The highest BCUT2D eigenvalue weighted by molar-refractivity contribution is 9.10. The second-order valence-corrected chi connectivity index (χ2v) is 6.43. The third-order valence-corrected chi connectivity index (χ3v) is 4.68. The summed E-state index contributed by atoms with van der Waals surface area (Å²) in [6.07, 6.45) is 1.92. The number of rotatable bonds is 6. The molecule has 2 rings (SSSR count). The normalized spacial score (nSPS) is 12.6. The minimum absolute atomic E-state index is 0.175. The van der Waals surface area contributed by atoms with Crippen LogP contribution in [0.3, 0.4) is 0 Å². The molecule has 1 aromatic carbocycles. The van der Waals surface area contributed by atoms with Gasteiger partial charge in [0.05, 0.1) is 0 Å². The number of hydrogen-bond donors (Lipinski definition) is 1. The van der Waals surface area contributed by atoms with Gasteiger partial charge in [-0.25, -0.2) is 4.39 Å². The van der Waals surface area contributed by atoms with Gasteiger partial charge in [0.1, 0.15) is 5.82 Å². The lowest BCUT2D eigenvalue weighted by Crippen LogP contribution is -2.32. The first-order valence-corrected chi connectivity index (χ1v) is 8.05. The third kappa shape index (κ3) is 4.71. The van der Waals surface area contributed by atoms with Crippen molar-refractivity contribution in [1.82, 2.24) is 5.32 Å². The molecule has 0 radical (unpaired) electrons. The first-order chi connectivity index (χ1) is 9.17. The zero-order valence-electron chi connectivity index (χ0n) is 10.8. The Morgan fingerprint density at radius 2 is 2.00 bits per heavy atom. The van der Waals surface area contributed by atoms with E-state index < -0.39 is 0 Å². The van der Waals surface area contributed by atoms with Gasteiger partial charge < -0.3 is 5.32 Å². The van der Waals surface area contributed by atoms with Crippen molar-refractivity contribution in [3.63, 3.8) is 0 Å². The van der Waals surface area contributed by atoms with E-state index >= 15 is 0 Å². The Hall–Kier alpha value is -0.710. The minimum atomic E-state index is -0.175. The van der Waals surface area contributed by atoms with E-state index in [9.17, 15) is 4.39 Å². The molecule has 0 amide bonds. The molecule has 1 unspecified atom stereocenters. The molecule has 0 aliphatic heterocycles. The molecular formula is C15H17BrFNS. The largest absolute Gasteiger partial charge is 0.314 e. The van der Waals surface area contributed by atoms with Crippen LogP contribution in [0.4, 0.5) is 4.39 Å². The van der Waals surface area contributed by atoms with Gasteiger partial charge in [0.15, 0.2) is 0 Å². The highest BCUT2D eigenvalue weighted by atomic mass is 79.9. The number of halogens is 2. The lowest BCUT2D eigenvalue weighted by Gasteiger charge is -2.17. The minimum Gasteiger partial charge on any atom is -0.314 e. The van der Waals surface area contributed by atoms with E-state index in [1.165, 1.54) is 22.6 Å². The molecule has 0 saturated carbocycles. The van der Waals surface area contributed by atoms with Crippen molar-refractivity contribution >= 4 is 27.3 Å². The molecule has 1 nitrogen and oxygen atoms in total. The van der Waals surface area contributed by atoms with Crippen molar-refractivity contribution in [2.45, 2.75) is 25.8 Å². The highest BCUT2D eigenvalue weighted by Crippen LogP contribution is 2.21. The Balaban J connectivity index is 2.01. The first kappa shape index (κ1) is 14.7. The van der Waals surface area contributed by atoms with Gasteiger partial charge in [-0.1, -0.05) is 19.1 Å². The van der Waals surface area contributed by atoms with E-state index in [1.807, 2.05) is 12.1 Å². The van der Waals surface area contributed by atoms with E-state index in [0.717, 1.165) is 23.9 Å². The molecule has 102 valence electrons. The number of nitrogens with one attached hydrogen (secondary N) is 1. The van der Waals surface area contributed by atoms with Crippen LogP contribution in [-0.4, -0.2) is 12.6 Å². The van der Waals surface area contributed by atoms with Crippen LogP contribution in [0.2, 0.25) is 0 Å². The maximum atomic E-state index is 12.9. The molecule has 0 bridgehead atoms. The average molecular weight is 342 g/mol. The number of thiophene rings is 1. The molecule has 0 aliphatic rings. The molecular weight excluding hydrogens is 325 g/mol. The number of likely N-dealkylation sites (N-methyl/N-ethyl adjacent to an activating group) is 1. The molecule has 2 aromatic rings. The molecule has 1 N–H and O–H groups in total. The predicted molar refractivity (Wildman–Crippen MR) is 83.3 cm³/mol. The van der Waals surface area contributed by atoms with Gasteiger partial charge in [-0.2, -0.15) is 0 Å². The fourth-order valence-electron chi connectivity index (χ4n) is 2.11. The Labute approximate surface area is 126 Å². The summed E-state index contributed by atoms with van der Waals surface area (Å²) in [7, 11) is 0. The molecule has 4 heteroatoms. The maximum Gasteiger partial charge on any atom is 0.123 e. The number of hydrogen-bond acceptors (Lipinski definition) is 2. The Kier molecular flexibility index (Phi) is 5.55. The van der Waals surface area contributed by atoms with Gasteiger partial charge >= 0.3 is 0 Å². The average Bonchev–Trinajstić information content (AvgIpc) is 2.78. The fraction of sp³-hybridized carbons (Fsp3) is 0.333. The van der Waals surface area contributed by atoms with Gasteiger partial charge in [0.2, 0.25) is 0 Å². The SMILES string of the molecule is CCNC(Cc1ccc(F)cc1)Cc1cc(Br)cs1. The topological polar surface area (TPSA) is 12.0 Å². The van der Waals surface area contributed by atoms with Crippen LogP contribution in [0, 0.1) is 5.82 Å². The summed E-state index contributed by atoms with van der Waals surface area (Å²) in [6, 6.07) is 9.34. The van der Waals surface area contributed by atoms with E-state index in [2.05, 4.69) is 39.6 Å². The second kappa shape index (κ2) is 7.17. The van der Waals surface area contributed by atoms with Gasteiger partial charge in [-0.3, -0.25) is 0 Å². The van der Waals surface area contributed by atoms with Crippen LogP contribution in [0.5, 0.6) is 0 Å². The summed E-state index contributed by atoms with van der Waals surface area (Å²) < 4.78 is 14.0. The Morgan fingerprint density at radius 1 is 1.26 bits per heavy atom. The Bertz CT molecular complexity index is 509. The lowest BCUT2D eigenvalue weighted by atomic mass is 10.0. The summed E-state index contributed by atoms with van der Waals surface area (Å²) in [5.41, 5.74) is 1.17. The summed E-state index contributed by atoms with van der Waals surface area (Å²) in [5, 5.41) is 5.61. The summed E-state index contributed by atoms with van der Waals surface area (Å²) in [6.45, 7) is 3.06. The van der Waals surface area contributed by atoms with Crippen LogP contribution in [0.15, 0.2) is 40.2 Å². The van der Waals surface area contributed by atoms with Crippen molar-refractivity contribution in [3.05, 3.63) is 56.4 Å². The second-order valence-electron chi connectivity index (χ2n) is 4.52. The molecule has 1 aromatic heterocycles. The lowest BCUT2D eigenvalue weighted by molar-refractivity contribution is 0.524. The molecule has 1 heterocycles. The molecule has 1 atom stereocenters. The first-order valence-electron chi connectivity index (χ1n) is 6.38. The zero-order valence-corrected chi connectivity index (χ0v) is 13.2. The zero-order chi connectivity index (χ0) is 13.7. The molecule has 19 heavy (non-hydrogen) atoms. The monoisotopic (exact) mass is 341 g/mol. The van der Waals surface area contributed by atoms with Crippen LogP contribution in [0.1, 0.15) is 17.4 Å². The Morgan fingerprint density at radius 3 is 2.58 bits per heavy atom. The molecule has 0 fully saturated rings. The maximum absolute atomic E-state index is 12.9. The van der Waals surface area contributed by atoms with Crippen molar-refractivity contribution in [3.8, 4) is 0 Å². The van der Waals surface area contributed by atoms with Crippen LogP contribution < -0.4 is 5.32 Å². The molecule has 0 aliphatic carbocycles. The van der Waals surface area contributed by atoms with Gasteiger partial charge in [0, 0.05) is 20.8 Å². The third-order valence-electron chi connectivity index (χ3n) is 2.96. The van der Waals surface area contributed by atoms with E-state index in [0.29, 0.717) is 6.04 Å². The smallest absolute Gasteiger partial charge is 0.123 e. The standard InChI is InChI=1S/C15H17BrFNS/c1-2-18-14(9-15-8-12(16)10-19-15)7-11-3-5-13(17)6-4-11/h3-6,8,10,14,18H,2,7,9H2,1H3. The van der Waals surface area contributed by atoms with E-state index in [-0.39, 0.29) is 5.82 Å². The van der Waals surface area contributed by atoms with Crippen LogP contribution in [-0.2, 0) is 12.8 Å². The fourth-order valence-corrected chi connectivity index (χ4v) is 3.65. The van der Waals surface area contributed by atoms with Crippen molar-refractivity contribution in [2.75, 3.05) is 6.54 Å². The summed E-state index contributed by atoms with van der Waals surface area (Å²) in [4.78, 5) is 1.36. The van der Waals surface area contributed by atoms with Crippen LogP contribution >= 0.6 is 27.3 Å². The van der Waals surface area contributed by atoms with Gasteiger partial charge in [-0.05, 0) is 59.1 Å². The van der Waals surface area contributed by atoms with Gasteiger partial charge in [0.25, 0.3) is 0 Å². The molecule has 0 saturated heterocycles. The number of benzene rings is 1. The van der Waals surface area contributed by atoms with E-state index in [1.54, 1.807) is 11.3 Å². The van der Waals surface area contributed by atoms with E-state index in [4.69, 9.17) is 0 Å². The highest BCUT2D eigenvalue weighted by Gasteiger charge is 2.11. The van der Waals surface area contributed by atoms with Crippen molar-refractivity contribution in [2.24, 2.45) is 0 Å². The van der Waals surface area contributed by atoms with Gasteiger partial charge in [-0.15, -0.1) is 11.3 Å². The quantitative estimate of drug-likeness (QED) is 0.820. The molecule has 0 spiro atoms. The van der Waals surface area contributed by atoms with Crippen molar-refractivity contribution < 1.29 is 4.39 Å².